The monoisotopic (exact) mass is 120 g/mol. The van der Waals surface area contributed by atoms with E-state index < -0.39 is 12.7 Å². The van der Waals surface area contributed by atoms with Gasteiger partial charge in [-0.1, -0.05) is 0 Å². The maximum Gasteiger partial charge on any atom is 0.150 e. The van der Waals surface area contributed by atoms with E-state index in [2.05, 4.69) is 0 Å². The van der Waals surface area contributed by atoms with Crippen LogP contribution in [0, 0.1) is 0 Å². The third kappa shape index (κ3) is 8.98. The Labute approximate surface area is 46.8 Å². The first-order valence-electron chi connectivity index (χ1n) is 1.84. The molecule has 0 aliphatic rings. The highest BCUT2D eigenvalue weighted by Crippen LogP contribution is 1.66. The van der Waals surface area contributed by atoms with Crippen molar-refractivity contribution in [2.24, 2.45) is 0 Å². The molecule has 2 N–H and O–H groups in total. The fourth-order valence-electron chi connectivity index (χ4n) is 0.0430. The van der Waals surface area contributed by atoms with E-state index in [1.807, 2.05) is 6.79 Å². The summed E-state index contributed by atoms with van der Waals surface area (Å²) < 4.78 is 0. The van der Waals surface area contributed by atoms with E-state index in [4.69, 9.17) is 15.0 Å². The maximum absolute atomic E-state index is 9.33. The van der Waals surface area contributed by atoms with Gasteiger partial charge < -0.3 is 19.8 Å². The molecule has 0 spiro atoms. The zero-order chi connectivity index (χ0) is 6.99. The second kappa shape index (κ2) is 9.54. The van der Waals surface area contributed by atoms with Gasteiger partial charge in [-0.15, -0.1) is 0 Å². The minimum Gasteiger partial charge on any atom is -0.393 e. The summed E-state index contributed by atoms with van der Waals surface area (Å²) in [4.78, 5) is 17.3. The summed E-state index contributed by atoms with van der Waals surface area (Å²) in [6.07, 6.45) is -0.912. The van der Waals surface area contributed by atoms with Gasteiger partial charge in [0.1, 0.15) is 12.9 Å². The molecule has 1 atom stereocenters. The van der Waals surface area contributed by atoms with Crippen molar-refractivity contribution in [3.63, 3.8) is 0 Å². The van der Waals surface area contributed by atoms with Crippen LogP contribution in [0.4, 0.5) is 0 Å². The quantitative estimate of drug-likeness (QED) is 0.428. The second-order valence-electron chi connectivity index (χ2n) is 0.886. The number of rotatable bonds is 2. The molecule has 8 heavy (non-hydrogen) atoms. The van der Waals surface area contributed by atoms with Crippen LogP contribution in [0.25, 0.3) is 0 Å². The molecule has 0 aromatic rings. The van der Waals surface area contributed by atoms with Crippen molar-refractivity contribution in [1.29, 1.82) is 0 Å². The van der Waals surface area contributed by atoms with Crippen molar-refractivity contribution >= 4 is 13.1 Å². The summed E-state index contributed by atoms with van der Waals surface area (Å²) in [5.74, 6) is 0. The Morgan fingerprint density at radius 1 is 1.62 bits per heavy atom. The topological polar surface area (TPSA) is 74.6 Å². The first-order valence-corrected chi connectivity index (χ1v) is 1.84. The second-order valence-corrected chi connectivity index (χ2v) is 0.886. The van der Waals surface area contributed by atoms with Crippen LogP contribution in [0.3, 0.4) is 0 Å². The van der Waals surface area contributed by atoms with Crippen LogP contribution in [-0.2, 0) is 9.59 Å². The molecule has 0 aliphatic carbocycles. The number of aliphatic hydroxyl groups is 2. The minimum absolute atomic E-state index is 0.278. The highest BCUT2D eigenvalue weighted by Gasteiger charge is 1.92. The van der Waals surface area contributed by atoms with E-state index >= 15 is 0 Å². The van der Waals surface area contributed by atoms with E-state index in [1.54, 1.807) is 0 Å². The van der Waals surface area contributed by atoms with E-state index in [0.717, 1.165) is 0 Å². The Hall–Kier alpha value is -0.740. The molecule has 48 valence electrons. The van der Waals surface area contributed by atoms with E-state index in [0.29, 0.717) is 0 Å². The molecule has 0 fully saturated rings. The smallest absolute Gasteiger partial charge is 0.150 e. The predicted molar refractivity (Wildman–Crippen MR) is 26.3 cm³/mol. The molecule has 0 amide bonds. The molecule has 1 unspecified atom stereocenters. The number of hydrogen-bond donors (Lipinski definition) is 2. The van der Waals surface area contributed by atoms with E-state index in [-0.39, 0.29) is 6.29 Å². The van der Waals surface area contributed by atoms with Crippen LogP contribution in [0.1, 0.15) is 0 Å². The lowest BCUT2D eigenvalue weighted by Crippen LogP contribution is -2.12. The zero-order valence-electron chi connectivity index (χ0n) is 4.28. The van der Waals surface area contributed by atoms with Crippen LogP contribution in [0.5, 0.6) is 0 Å². The number of aldehydes is 1. The Morgan fingerprint density at radius 3 is 2.00 bits per heavy atom. The minimum atomic E-state index is -1.19. The molecule has 0 rings (SSSR count). The molecule has 0 aromatic carbocycles. The van der Waals surface area contributed by atoms with Gasteiger partial charge in [0.05, 0.1) is 6.61 Å². The first-order chi connectivity index (χ1) is 3.81. The summed E-state index contributed by atoms with van der Waals surface area (Å²) in [7, 11) is 0. The number of hydrogen-bond acceptors (Lipinski definition) is 4. The molecule has 0 heterocycles. The van der Waals surface area contributed by atoms with Crippen molar-refractivity contribution in [3.05, 3.63) is 0 Å². The fraction of sp³-hybridized carbons (Fsp3) is 0.500. The number of carbonyl (C=O) groups excluding carboxylic acids is 2. The Bertz CT molecular complexity index is 54.0. The zero-order valence-corrected chi connectivity index (χ0v) is 4.28. The van der Waals surface area contributed by atoms with Crippen LogP contribution in [0.2, 0.25) is 0 Å². The molecule has 0 bridgehead atoms. The molecule has 0 aromatic heterocycles. The van der Waals surface area contributed by atoms with Gasteiger partial charge in [-0.25, -0.2) is 0 Å². The SMILES string of the molecule is C=O.O=CC(O)CO. The molecule has 0 radical (unpaired) electrons. The highest BCUT2D eigenvalue weighted by atomic mass is 16.3. The summed E-state index contributed by atoms with van der Waals surface area (Å²) in [5, 5.41) is 15.9. The highest BCUT2D eigenvalue weighted by molar-refractivity contribution is 5.55. The average molecular weight is 120 g/mol. The summed E-state index contributed by atoms with van der Waals surface area (Å²) in [5.41, 5.74) is 0. The molecular weight excluding hydrogens is 112 g/mol. The standard InChI is InChI=1S/C3H6O3.CH2O/c4-1-3(6)2-5;1-2/h1,3,5-6H,2H2;1H2. The van der Waals surface area contributed by atoms with Crippen LogP contribution < -0.4 is 0 Å². The summed E-state index contributed by atoms with van der Waals surface area (Å²) in [6, 6.07) is 0. The lowest BCUT2D eigenvalue weighted by atomic mass is 10.4. The molecule has 0 saturated heterocycles. The van der Waals surface area contributed by atoms with Crippen LogP contribution >= 0.6 is 0 Å². The van der Waals surface area contributed by atoms with Gasteiger partial charge in [-0.05, 0) is 0 Å². The lowest BCUT2D eigenvalue weighted by Gasteiger charge is -1.89. The molecule has 0 aliphatic heterocycles. The van der Waals surface area contributed by atoms with E-state index in [9.17, 15) is 4.79 Å². The third-order valence-corrected chi connectivity index (χ3v) is 0.344. The van der Waals surface area contributed by atoms with Gasteiger partial charge in [0.2, 0.25) is 0 Å². The average Bonchev–Trinajstić information content (AvgIpc) is 1.91. The van der Waals surface area contributed by atoms with Crippen molar-refractivity contribution in [1.82, 2.24) is 0 Å². The number of aliphatic hydroxyl groups excluding tert-OH is 2. The molecule has 0 saturated carbocycles. The number of carbonyl (C=O) groups is 2. The van der Waals surface area contributed by atoms with E-state index in [1.165, 1.54) is 0 Å². The Balaban J connectivity index is 0. The fourth-order valence-corrected chi connectivity index (χ4v) is 0.0430. The normalized spacial score (nSPS) is 10.8. The summed E-state index contributed by atoms with van der Waals surface area (Å²) >= 11 is 0. The largest absolute Gasteiger partial charge is 0.393 e. The third-order valence-electron chi connectivity index (χ3n) is 0.344. The van der Waals surface area contributed by atoms with Gasteiger partial charge in [0.25, 0.3) is 0 Å². The first kappa shape index (κ1) is 10.3. The molecule has 4 heteroatoms. The van der Waals surface area contributed by atoms with Crippen molar-refractivity contribution < 1.29 is 19.8 Å². The predicted octanol–water partition coefficient (Wildman–Crippen LogP) is -1.65. The van der Waals surface area contributed by atoms with Gasteiger partial charge >= 0.3 is 0 Å². The lowest BCUT2D eigenvalue weighted by molar-refractivity contribution is -0.116. The van der Waals surface area contributed by atoms with Gasteiger partial charge in [-0.2, -0.15) is 0 Å². The van der Waals surface area contributed by atoms with Crippen molar-refractivity contribution in [2.75, 3.05) is 6.61 Å². The van der Waals surface area contributed by atoms with Gasteiger partial charge in [0, 0.05) is 0 Å². The van der Waals surface area contributed by atoms with Crippen LogP contribution in [-0.4, -0.2) is 36.0 Å². The summed E-state index contributed by atoms with van der Waals surface area (Å²) in [6.45, 7) is 1.52. The van der Waals surface area contributed by atoms with Crippen LogP contribution in [0.15, 0.2) is 0 Å². The maximum atomic E-state index is 9.33. The Kier molecular flexibility index (Phi) is 12.3. The van der Waals surface area contributed by atoms with Gasteiger partial charge in [-0.3, -0.25) is 0 Å². The Morgan fingerprint density at radius 2 is 2.00 bits per heavy atom. The van der Waals surface area contributed by atoms with Crippen molar-refractivity contribution in [3.8, 4) is 0 Å². The van der Waals surface area contributed by atoms with Gasteiger partial charge in [0.15, 0.2) is 6.29 Å². The van der Waals surface area contributed by atoms with Crippen molar-refractivity contribution in [2.45, 2.75) is 6.10 Å². The molecular formula is C4H8O4. The molecule has 4 nitrogen and oxygen atoms in total.